The maximum absolute atomic E-state index is 11.8. The molecule has 0 aromatic carbocycles. The number of rotatable bonds is 4. The van der Waals surface area contributed by atoms with Crippen LogP contribution in [0.15, 0.2) is 12.4 Å². The predicted octanol–water partition coefficient (Wildman–Crippen LogP) is -0.0983. The summed E-state index contributed by atoms with van der Waals surface area (Å²) in [4.78, 5) is 10.3. The Bertz CT molecular complexity index is 518. The third-order valence-corrected chi connectivity index (χ3v) is 5.60. The van der Waals surface area contributed by atoms with Gasteiger partial charge in [0.1, 0.15) is 5.37 Å². The number of sulfone groups is 1. The Morgan fingerprint density at radius 3 is 2.74 bits per heavy atom. The number of aromatic nitrogens is 2. The first-order valence-corrected chi connectivity index (χ1v) is 9.17. The molecule has 8 heteroatoms. The minimum Gasteiger partial charge on any atom is -0.330 e. The summed E-state index contributed by atoms with van der Waals surface area (Å²) >= 11 is 1.65. The Morgan fingerprint density at radius 2 is 2.16 bits per heavy atom. The Labute approximate surface area is 117 Å². The number of hydrogen-bond donors (Lipinski definition) is 1. The minimum absolute atomic E-state index is 0.483. The van der Waals surface area contributed by atoms with Gasteiger partial charge >= 0.3 is 0 Å². The average molecular weight is 302 g/mol. The Morgan fingerprint density at radius 1 is 1.47 bits per heavy atom. The quantitative estimate of drug-likeness (QED) is 0.831. The largest absolute Gasteiger partial charge is 0.330 e. The monoisotopic (exact) mass is 302 g/mol. The average Bonchev–Trinajstić information content (AvgIpc) is 2.39. The summed E-state index contributed by atoms with van der Waals surface area (Å²) in [5.74, 6) is 1.93. The van der Waals surface area contributed by atoms with Crippen LogP contribution in [0, 0.1) is 0 Å². The lowest BCUT2D eigenvalue weighted by Crippen LogP contribution is -2.47. The summed E-state index contributed by atoms with van der Waals surface area (Å²) in [6.07, 6.45) is 5.43. The molecule has 2 N–H and O–H groups in total. The smallest absolute Gasteiger partial charge is 0.226 e. The molecule has 0 amide bonds. The summed E-state index contributed by atoms with van der Waals surface area (Å²) < 4.78 is 23.6. The van der Waals surface area contributed by atoms with Crippen LogP contribution in [0.25, 0.3) is 0 Å². The van der Waals surface area contributed by atoms with Crippen molar-refractivity contribution >= 4 is 27.5 Å². The van der Waals surface area contributed by atoms with Crippen molar-refractivity contribution in [2.24, 2.45) is 5.73 Å². The Kier molecular flexibility index (Phi) is 4.64. The minimum atomic E-state index is -3.14. The molecule has 19 heavy (non-hydrogen) atoms. The lowest BCUT2D eigenvalue weighted by atomic mass is 10.2. The number of thioether (sulfide) groups is 1. The Hall–Kier alpha value is -0.860. The molecule has 2 heterocycles. The molecule has 1 saturated heterocycles. The van der Waals surface area contributed by atoms with Gasteiger partial charge in [-0.25, -0.2) is 18.4 Å². The third kappa shape index (κ3) is 3.58. The first-order chi connectivity index (χ1) is 9.02. The molecule has 1 fully saturated rings. The molecule has 1 aliphatic rings. The zero-order chi connectivity index (χ0) is 13.9. The van der Waals surface area contributed by atoms with Crippen molar-refractivity contribution in [2.45, 2.75) is 11.8 Å². The molecule has 1 atom stereocenters. The molecule has 1 aromatic rings. The molecular formula is C11H18N4O2S2. The Balaban J connectivity index is 2.22. The van der Waals surface area contributed by atoms with E-state index in [4.69, 9.17) is 5.73 Å². The van der Waals surface area contributed by atoms with Crippen molar-refractivity contribution in [2.75, 3.05) is 35.8 Å². The predicted molar refractivity (Wildman–Crippen MR) is 78.1 cm³/mol. The van der Waals surface area contributed by atoms with Crippen molar-refractivity contribution in [3.63, 3.8) is 0 Å². The standard InChI is InChI=1S/C11H18N4O2S2/c1-19(16,17)10-8-18-5-4-15(10)11-13-6-9(2-3-12)7-14-11/h6-7,10H,2-5,8,12H2,1H3. The van der Waals surface area contributed by atoms with Crippen molar-refractivity contribution in [3.8, 4) is 0 Å². The van der Waals surface area contributed by atoms with Gasteiger partial charge < -0.3 is 10.6 Å². The van der Waals surface area contributed by atoms with Crippen LogP contribution >= 0.6 is 11.8 Å². The van der Waals surface area contributed by atoms with E-state index in [1.165, 1.54) is 6.26 Å². The summed E-state index contributed by atoms with van der Waals surface area (Å²) in [6, 6.07) is 0. The van der Waals surface area contributed by atoms with E-state index in [-0.39, 0.29) is 0 Å². The van der Waals surface area contributed by atoms with E-state index in [1.54, 1.807) is 29.1 Å². The lowest BCUT2D eigenvalue weighted by Gasteiger charge is -2.33. The first kappa shape index (κ1) is 14.5. The van der Waals surface area contributed by atoms with E-state index in [0.717, 1.165) is 17.7 Å². The van der Waals surface area contributed by atoms with Crippen LogP contribution in [0.4, 0.5) is 5.95 Å². The number of hydrogen-bond acceptors (Lipinski definition) is 7. The highest BCUT2D eigenvalue weighted by atomic mass is 32.2. The van der Waals surface area contributed by atoms with Gasteiger partial charge in [-0.1, -0.05) is 0 Å². The fourth-order valence-electron chi connectivity index (χ4n) is 1.96. The molecular weight excluding hydrogens is 284 g/mol. The molecule has 0 radical (unpaired) electrons. The number of anilines is 1. The fourth-order valence-corrected chi connectivity index (χ4v) is 4.77. The maximum Gasteiger partial charge on any atom is 0.226 e. The molecule has 1 aliphatic heterocycles. The second-order valence-corrected chi connectivity index (χ2v) is 7.84. The summed E-state index contributed by atoms with van der Waals surface area (Å²) in [5.41, 5.74) is 6.44. The van der Waals surface area contributed by atoms with Crippen molar-refractivity contribution in [1.82, 2.24) is 9.97 Å². The van der Waals surface area contributed by atoms with Crippen LogP contribution in [0.1, 0.15) is 5.56 Å². The first-order valence-electron chi connectivity index (χ1n) is 6.06. The molecule has 6 nitrogen and oxygen atoms in total. The van der Waals surface area contributed by atoms with E-state index in [9.17, 15) is 8.42 Å². The van der Waals surface area contributed by atoms with Gasteiger partial charge in [-0.2, -0.15) is 11.8 Å². The van der Waals surface area contributed by atoms with Crippen LogP contribution in [0.3, 0.4) is 0 Å². The van der Waals surface area contributed by atoms with Gasteiger partial charge in [0.25, 0.3) is 0 Å². The van der Waals surface area contributed by atoms with Crippen molar-refractivity contribution in [1.29, 1.82) is 0 Å². The highest BCUT2D eigenvalue weighted by Crippen LogP contribution is 2.23. The third-order valence-electron chi connectivity index (χ3n) is 2.96. The van der Waals surface area contributed by atoms with Crippen molar-refractivity contribution < 1.29 is 8.42 Å². The van der Waals surface area contributed by atoms with E-state index >= 15 is 0 Å². The SMILES string of the molecule is CS(=O)(=O)C1CSCCN1c1ncc(CCN)cn1. The van der Waals surface area contributed by atoms with Crippen LogP contribution in [0.5, 0.6) is 0 Å². The van der Waals surface area contributed by atoms with Gasteiger partial charge in [-0.3, -0.25) is 0 Å². The molecule has 0 saturated carbocycles. The molecule has 0 bridgehead atoms. The van der Waals surface area contributed by atoms with Crippen molar-refractivity contribution in [3.05, 3.63) is 18.0 Å². The van der Waals surface area contributed by atoms with Gasteiger partial charge in [-0.15, -0.1) is 0 Å². The summed E-state index contributed by atoms with van der Waals surface area (Å²) in [6.45, 7) is 1.20. The van der Waals surface area contributed by atoms with Gasteiger partial charge in [0.2, 0.25) is 5.95 Å². The van der Waals surface area contributed by atoms with E-state index in [2.05, 4.69) is 9.97 Å². The van der Waals surface area contributed by atoms with Crippen LogP contribution in [-0.2, 0) is 16.3 Å². The lowest BCUT2D eigenvalue weighted by molar-refractivity contribution is 0.582. The second kappa shape index (κ2) is 6.06. The highest BCUT2D eigenvalue weighted by Gasteiger charge is 2.32. The normalized spacial score (nSPS) is 20.5. The number of nitrogens with zero attached hydrogens (tertiary/aromatic N) is 3. The van der Waals surface area contributed by atoms with Gasteiger partial charge in [0, 0.05) is 36.7 Å². The zero-order valence-electron chi connectivity index (χ0n) is 10.8. The van der Waals surface area contributed by atoms with Gasteiger partial charge in [-0.05, 0) is 18.5 Å². The molecule has 1 aromatic heterocycles. The van der Waals surface area contributed by atoms with E-state index < -0.39 is 15.2 Å². The van der Waals surface area contributed by atoms with Gasteiger partial charge in [0.15, 0.2) is 9.84 Å². The topological polar surface area (TPSA) is 89.2 Å². The van der Waals surface area contributed by atoms with Crippen LogP contribution < -0.4 is 10.6 Å². The summed E-state index contributed by atoms with van der Waals surface area (Å²) in [7, 11) is -3.14. The van der Waals surface area contributed by atoms with Crippen LogP contribution in [0.2, 0.25) is 0 Å². The zero-order valence-corrected chi connectivity index (χ0v) is 12.5. The summed E-state index contributed by atoms with van der Waals surface area (Å²) in [5, 5.41) is -0.536. The van der Waals surface area contributed by atoms with E-state index in [0.29, 0.717) is 24.8 Å². The maximum atomic E-state index is 11.8. The molecule has 0 aliphatic carbocycles. The molecule has 0 spiro atoms. The molecule has 1 unspecified atom stereocenters. The second-order valence-electron chi connectivity index (χ2n) is 4.48. The molecule has 2 rings (SSSR count). The molecule has 106 valence electrons. The fraction of sp³-hybridized carbons (Fsp3) is 0.636. The van der Waals surface area contributed by atoms with Crippen LogP contribution in [-0.4, -0.2) is 54.6 Å². The van der Waals surface area contributed by atoms with Gasteiger partial charge in [0.05, 0.1) is 0 Å². The van der Waals surface area contributed by atoms with E-state index in [1.807, 2.05) is 0 Å². The highest BCUT2D eigenvalue weighted by molar-refractivity contribution is 8.01. The number of nitrogens with two attached hydrogens (primary N) is 1.